The summed E-state index contributed by atoms with van der Waals surface area (Å²) in [4.78, 5) is 8.33. The second-order valence-corrected chi connectivity index (χ2v) is 2.48. The first-order valence-electron chi connectivity index (χ1n) is 1.27. The van der Waals surface area contributed by atoms with E-state index in [0.29, 0.717) is 0 Å². The molecule has 0 fully saturated rings. The smallest absolute Gasteiger partial charge is 0.652 e. The van der Waals surface area contributed by atoms with Crippen LogP contribution in [0.1, 0.15) is 0 Å². The third kappa shape index (κ3) is 106. The molecule has 10 heavy (non-hydrogen) atoms. The summed E-state index contributed by atoms with van der Waals surface area (Å²) in [7, 11) is 0. The van der Waals surface area contributed by atoms with Gasteiger partial charge < -0.3 is 15.0 Å². The maximum atomic E-state index is 8.33. The Bertz CT molecular complexity index is 64.0. The summed E-state index contributed by atoms with van der Waals surface area (Å²) in [6.45, 7) is 0. The molecule has 0 radical (unpaired) electrons. The molecule has 0 saturated heterocycles. The summed E-state index contributed by atoms with van der Waals surface area (Å²) in [6, 6.07) is 0. The van der Waals surface area contributed by atoms with Gasteiger partial charge in [-0.15, -0.1) is 0 Å². The van der Waals surface area contributed by atoms with Crippen molar-refractivity contribution in [3.05, 3.63) is 0 Å². The molecule has 0 aromatic heterocycles. The van der Waals surface area contributed by atoms with Crippen LogP contribution in [0.3, 0.4) is 0 Å². The topological polar surface area (TPSA) is 63.2 Å². The Balaban J connectivity index is -0.0000000300. The summed E-state index contributed by atoms with van der Waals surface area (Å²) >= 11 is 14.4. The molecule has 0 unspecified atom stereocenters. The summed E-state index contributed by atoms with van der Waals surface area (Å²) < 4.78 is -0.750. The molecule has 8 heteroatoms. The number of halogens is 3. The molecule has 0 saturated carbocycles. The number of hydrogen-bond donors (Lipinski definition) is 0. The Morgan fingerprint density at radius 1 is 1.10 bits per heavy atom. The van der Waals surface area contributed by atoms with Crippen molar-refractivity contribution in [2.45, 2.75) is 4.30 Å². The number of alkyl halides is 3. The van der Waals surface area contributed by atoms with Crippen molar-refractivity contribution in [3.8, 4) is 0 Å². The largest absolute Gasteiger partial charge is 1.00 e. The molecule has 0 aliphatic rings. The van der Waals surface area contributed by atoms with Gasteiger partial charge in [0.15, 0.2) is 4.30 Å². The summed E-state index contributed by atoms with van der Waals surface area (Å²) in [6.07, 6.45) is -2.33. The van der Waals surface area contributed by atoms with Crippen LogP contribution in [0.15, 0.2) is 0 Å². The van der Waals surface area contributed by atoms with E-state index in [2.05, 4.69) is 0 Å². The van der Waals surface area contributed by atoms with Crippen LogP contribution < -0.4 is 113 Å². The predicted octanol–water partition coefficient (Wildman–Crippen LogP) is -6.45. The quantitative estimate of drug-likeness (QED) is 0.320. The average Bonchev–Trinajstić information content (AvgIpc) is 1.25. The van der Waals surface area contributed by atoms with Crippen molar-refractivity contribution in [1.82, 2.24) is 0 Å². The summed E-state index contributed by atoms with van der Waals surface area (Å²) in [5.74, 6) is 0. The molecule has 0 spiro atoms. The predicted molar refractivity (Wildman–Crippen MR) is 26.7 cm³/mol. The first kappa shape index (κ1) is 23.3. The fraction of sp³-hybridized carbons (Fsp3) is 0.500. The molecule has 0 heterocycles. The van der Waals surface area contributed by atoms with E-state index in [1.54, 1.807) is 0 Å². The van der Waals surface area contributed by atoms with Gasteiger partial charge >= 0.3 is 103 Å². The van der Waals surface area contributed by atoms with Gasteiger partial charge in [-0.1, -0.05) is 34.8 Å². The molecule has 0 N–H and O–H groups in total. The third-order valence-electron chi connectivity index (χ3n) is 0. The second-order valence-electron chi connectivity index (χ2n) is 0.497. The third-order valence-corrected chi connectivity index (χ3v) is 0. The molecule has 0 bridgehead atoms. The number of hydrogen-bond acceptors (Lipinski definition) is 3. The first-order valence-corrected chi connectivity index (χ1v) is 2.58. The fourth-order valence-corrected chi connectivity index (χ4v) is 0. The molecule has 0 atom stereocenters. The Labute approximate surface area is 159 Å². The number of carboxylic acid groups (broad SMARTS) is 2. The number of carbonyl (C=O) groups excluding carboxylic acids is 1. The minimum atomic E-state index is -2.33. The van der Waals surface area contributed by atoms with Gasteiger partial charge in [-0.25, -0.2) is 0 Å². The van der Waals surface area contributed by atoms with Crippen molar-refractivity contribution < 1.29 is 118 Å². The van der Waals surface area contributed by atoms with Gasteiger partial charge in [0.1, 0.15) is 0 Å². The van der Waals surface area contributed by atoms with Gasteiger partial charge in [-0.2, -0.15) is 0 Å². The molecule has 50 valence electrons. The fourth-order valence-electron chi connectivity index (χ4n) is 0. The van der Waals surface area contributed by atoms with Gasteiger partial charge in [0.2, 0.25) is 0 Å². The monoisotopic (exact) mass is 256 g/mol. The minimum Gasteiger partial charge on any atom is -0.652 e. The zero-order chi connectivity index (χ0) is 7.15. The molecular formula is C2HCl3K2O3. The van der Waals surface area contributed by atoms with Crippen molar-refractivity contribution in [2.75, 3.05) is 0 Å². The number of carbonyl (C=O) groups is 1. The van der Waals surface area contributed by atoms with Crippen LogP contribution in [0, 0.1) is 0 Å². The Morgan fingerprint density at radius 2 is 1.10 bits per heavy atom. The van der Waals surface area contributed by atoms with E-state index in [4.69, 9.17) is 49.8 Å². The molecule has 0 amide bonds. The van der Waals surface area contributed by atoms with Crippen molar-refractivity contribution in [3.63, 3.8) is 0 Å². The molecule has 3 nitrogen and oxygen atoms in total. The van der Waals surface area contributed by atoms with Crippen LogP contribution >= 0.6 is 34.8 Å². The second kappa shape index (κ2) is 18.2. The van der Waals surface area contributed by atoms with Gasteiger partial charge in [-0.05, 0) is 6.16 Å². The van der Waals surface area contributed by atoms with E-state index < -0.39 is 10.5 Å². The van der Waals surface area contributed by atoms with Gasteiger partial charge in [0, 0.05) is 0 Å². The Kier molecular flexibility index (Phi) is 42.6. The summed E-state index contributed by atoms with van der Waals surface area (Å²) in [5, 5.41) is 16.7. The van der Waals surface area contributed by atoms with Gasteiger partial charge in [-0.3, -0.25) is 0 Å². The maximum Gasteiger partial charge on any atom is 1.00 e. The van der Waals surface area contributed by atoms with Crippen molar-refractivity contribution >= 4 is 41.0 Å². The summed E-state index contributed by atoms with van der Waals surface area (Å²) in [5.41, 5.74) is 0. The van der Waals surface area contributed by atoms with Gasteiger partial charge in [0.05, 0.1) is 0 Å². The van der Waals surface area contributed by atoms with E-state index in [-0.39, 0.29) is 103 Å². The standard InChI is InChI=1S/CHCl3.CH2O3.2K/c2*2-1(3)4;;/h1H;(H2,2,3,4);;/q;;2*+1/p-2. The normalized spacial score (nSPS) is 6.00. The van der Waals surface area contributed by atoms with Crippen LogP contribution in [0.4, 0.5) is 4.79 Å². The zero-order valence-corrected chi connectivity index (χ0v) is 13.9. The maximum absolute atomic E-state index is 8.33. The van der Waals surface area contributed by atoms with E-state index in [1.165, 1.54) is 0 Å². The minimum absolute atomic E-state index is 0. The SMILES string of the molecule is ClC(Cl)Cl.O=C([O-])[O-].[K+].[K+]. The average molecular weight is 258 g/mol. The molecule has 0 aromatic rings. The first-order chi connectivity index (χ1) is 3.46. The van der Waals surface area contributed by atoms with Crippen molar-refractivity contribution in [2.24, 2.45) is 0 Å². The number of rotatable bonds is 0. The van der Waals surface area contributed by atoms with Crippen molar-refractivity contribution in [1.29, 1.82) is 0 Å². The van der Waals surface area contributed by atoms with Crippen LogP contribution in [0.5, 0.6) is 0 Å². The molecular weight excluding hydrogens is 257 g/mol. The van der Waals surface area contributed by atoms with E-state index in [0.717, 1.165) is 0 Å². The zero-order valence-electron chi connectivity index (χ0n) is 5.44. The Morgan fingerprint density at radius 3 is 1.10 bits per heavy atom. The molecule has 0 rings (SSSR count). The van der Waals surface area contributed by atoms with Crippen LogP contribution in [0.2, 0.25) is 0 Å². The van der Waals surface area contributed by atoms with E-state index >= 15 is 0 Å². The van der Waals surface area contributed by atoms with Crippen LogP contribution in [-0.4, -0.2) is 10.5 Å². The van der Waals surface area contributed by atoms with E-state index in [9.17, 15) is 0 Å². The van der Waals surface area contributed by atoms with E-state index in [1.807, 2.05) is 0 Å². The molecule has 0 aliphatic carbocycles. The molecule has 0 aromatic carbocycles. The molecule has 0 aliphatic heterocycles. The van der Waals surface area contributed by atoms with Crippen LogP contribution in [0.25, 0.3) is 0 Å². The Hall–Kier alpha value is 3.41. The van der Waals surface area contributed by atoms with Gasteiger partial charge in [0.25, 0.3) is 0 Å². The van der Waals surface area contributed by atoms with Crippen LogP contribution in [-0.2, 0) is 0 Å².